The van der Waals surface area contributed by atoms with E-state index in [1.807, 2.05) is 6.92 Å². The monoisotopic (exact) mass is 423 g/mol. The number of piperidine rings is 1. The molecule has 2 aliphatic heterocycles. The molecule has 0 bridgehead atoms. The third-order valence-corrected chi connectivity index (χ3v) is 7.19. The topological polar surface area (TPSA) is 57.5 Å². The molecular weight excluding hydrogens is 386 g/mol. The van der Waals surface area contributed by atoms with Crippen molar-refractivity contribution < 1.29 is 9.47 Å². The van der Waals surface area contributed by atoms with Crippen LogP contribution in [0.4, 0.5) is 0 Å². The molecule has 0 unspecified atom stereocenters. The van der Waals surface area contributed by atoms with E-state index in [4.69, 9.17) is 9.47 Å². The molecule has 1 aromatic carbocycles. The van der Waals surface area contributed by atoms with Gasteiger partial charge in [-0.3, -0.25) is 0 Å². The minimum atomic E-state index is 0.407. The van der Waals surface area contributed by atoms with Crippen molar-refractivity contribution in [1.82, 2.24) is 10.2 Å². The molecule has 1 aromatic rings. The molecule has 5 nitrogen and oxygen atoms in total. The first-order chi connectivity index (χ1) is 15.2. The largest absolute Gasteiger partial charge is 0.493 e. The van der Waals surface area contributed by atoms with E-state index in [2.05, 4.69) is 28.4 Å². The molecule has 1 saturated heterocycles. The average molecular weight is 424 g/mol. The van der Waals surface area contributed by atoms with Crippen molar-refractivity contribution in [3.63, 3.8) is 0 Å². The molecule has 2 atom stereocenters. The Hall–Kier alpha value is -2.19. The first-order valence-corrected chi connectivity index (χ1v) is 12.2. The number of ether oxygens (including phenoxy) is 2. The molecule has 0 aromatic heterocycles. The predicted octanol–water partition coefficient (Wildman–Crippen LogP) is 5.22. The number of fused-ring (bicyclic) bond motifs is 3. The standard InChI is InChI=1S/C26H37N3O2/c1-3-31-25-16-21-20-11-5-6-12-23(20)28-26(22(21)17-24(25)30-2)19(18-27)10-9-15-29-13-7-4-8-14-29/h16-17,20,23,28H,3-15H2,1-2H3/b26-19-/t20-,23-/m1/s1. The summed E-state index contributed by atoms with van der Waals surface area (Å²) in [6, 6.07) is 7.23. The Morgan fingerprint density at radius 3 is 2.68 bits per heavy atom. The fraction of sp³-hybridized carbons (Fsp3) is 0.654. The summed E-state index contributed by atoms with van der Waals surface area (Å²) in [6.07, 6.45) is 10.7. The molecule has 168 valence electrons. The van der Waals surface area contributed by atoms with Gasteiger partial charge in [-0.05, 0) is 82.8 Å². The van der Waals surface area contributed by atoms with Gasteiger partial charge in [-0.1, -0.05) is 19.3 Å². The smallest absolute Gasteiger partial charge is 0.161 e. The van der Waals surface area contributed by atoms with Crippen LogP contribution in [0.15, 0.2) is 17.7 Å². The molecule has 2 fully saturated rings. The Morgan fingerprint density at radius 2 is 1.94 bits per heavy atom. The summed E-state index contributed by atoms with van der Waals surface area (Å²) in [4.78, 5) is 2.56. The Labute approximate surface area is 187 Å². The fourth-order valence-electron chi connectivity index (χ4n) is 5.61. The molecule has 0 spiro atoms. The minimum absolute atomic E-state index is 0.407. The maximum atomic E-state index is 10.1. The second kappa shape index (κ2) is 10.4. The van der Waals surface area contributed by atoms with E-state index in [0.29, 0.717) is 18.6 Å². The summed E-state index contributed by atoms with van der Waals surface area (Å²) in [5.41, 5.74) is 4.37. The van der Waals surface area contributed by atoms with Crippen molar-refractivity contribution in [3.05, 3.63) is 28.8 Å². The van der Waals surface area contributed by atoms with E-state index in [1.54, 1.807) is 7.11 Å². The molecule has 4 rings (SSSR count). The third kappa shape index (κ3) is 4.85. The summed E-state index contributed by atoms with van der Waals surface area (Å²) in [5, 5.41) is 13.9. The summed E-state index contributed by atoms with van der Waals surface area (Å²) in [6.45, 7) is 6.13. The van der Waals surface area contributed by atoms with Crippen LogP contribution in [-0.2, 0) is 0 Å². The van der Waals surface area contributed by atoms with Gasteiger partial charge in [-0.2, -0.15) is 5.26 Å². The predicted molar refractivity (Wildman–Crippen MR) is 124 cm³/mol. The highest BCUT2D eigenvalue weighted by molar-refractivity contribution is 5.77. The van der Waals surface area contributed by atoms with Gasteiger partial charge in [-0.25, -0.2) is 0 Å². The molecule has 1 N–H and O–H groups in total. The van der Waals surface area contributed by atoms with Gasteiger partial charge in [0, 0.05) is 17.5 Å². The number of rotatable bonds is 7. The lowest BCUT2D eigenvalue weighted by molar-refractivity contribution is 0.226. The van der Waals surface area contributed by atoms with Crippen molar-refractivity contribution in [2.75, 3.05) is 33.4 Å². The molecular formula is C26H37N3O2. The van der Waals surface area contributed by atoms with E-state index < -0.39 is 0 Å². The van der Waals surface area contributed by atoms with Gasteiger partial charge in [0.25, 0.3) is 0 Å². The SMILES string of the molecule is CCOc1cc2c(cc1OC)/C(=C(/C#N)CCCN1CCCCC1)N[C@@H]1CCCC[C@H]21. The van der Waals surface area contributed by atoms with E-state index in [9.17, 15) is 5.26 Å². The van der Waals surface area contributed by atoms with Crippen LogP contribution in [0, 0.1) is 11.3 Å². The number of allylic oxidation sites excluding steroid dienone is 1. The van der Waals surface area contributed by atoms with E-state index in [1.165, 1.54) is 57.2 Å². The van der Waals surface area contributed by atoms with Gasteiger partial charge < -0.3 is 19.7 Å². The summed E-state index contributed by atoms with van der Waals surface area (Å²) < 4.78 is 11.6. The highest BCUT2D eigenvalue weighted by atomic mass is 16.5. The molecule has 0 radical (unpaired) electrons. The van der Waals surface area contributed by atoms with Crippen LogP contribution >= 0.6 is 0 Å². The number of hydrogen-bond donors (Lipinski definition) is 1. The van der Waals surface area contributed by atoms with Crippen molar-refractivity contribution in [2.45, 2.75) is 76.7 Å². The first kappa shape index (κ1) is 22.0. The lowest BCUT2D eigenvalue weighted by Gasteiger charge is -2.40. The zero-order valence-electron chi connectivity index (χ0n) is 19.2. The highest BCUT2D eigenvalue weighted by Gasteiger charge is 2.35. The van der Waals surface area contributed by atoms with Gasteiger partial charge in [-0.15, -0.1) is 0 Å². The maximum absolute atomic E-state index is 10.1. The number of methoxy groups -OCH3 is 1. The molecule has 1 aliphatic carbocycles. The van der Waals surface area contributed by atoms with Gasteiger partial charge in [0.05, 0.1) is 31.1 Å². The van der Waals surface area contributed by atoms with Crippen molar-refractivity contribution in [1.29, 1.82) is 5.26 Å². The van der Waals surface area contributed by atoms with Gasteiger partial charge >= 0.3 is 0 Å². The van der Waals surface area contributed by atoms with Crippen molar-refractivity contribution in [3.8, 4) is 17.6 Å². The van der Waals surface area contributed by atoms with Crippen LogP contribution in [0.25, 0.3) is 5.70 Å². The number of hydrogen-bond acceptors (Lipinski definition) is 5. The molecule has 3 aliphatic rings. The molecule has 5 heteroatoms. The normalized spacial score (nSPS) is 24.9. The van der Waals surface area contributed by atoms with Gasteiger partial charge in [0.2, 0.25) is 0 Å². The number of likely N-dealkylation sites (tertiary alicyclic amines) is 1. The Bertz CT molecular complexity index is 836. The second-order valence-corrected chi connectivity index (χ2v) is 9.14. The summed E-state index contributed by atoms with van der Waals surface area (Å²) in [5.74, 6) is 2.05. The second-order valence-electron chi connectivity index (χ2n) is 9.14. The molecule has 2 heterocycles. The lowest BCUT2D eigenvalue weighted by atomic mass is 9.74. The molecule has 1 saturated carbocycles. The Kier molecular flexibility index (Phi) is 7.40. The number of nitriles is 1. The average Bonchev–Trinajstić information content (AvgIpc) is 2.82. The fourth-order valence-corrected chi connectivity index (χ4v) is 5.61. The highest BCUT2D eigenvalue weighted by Crippen LogP contribution is 2.46. The molecule has 0 amide bonds. The zero-order chi connectivity index (χ0) is 21.6. The van der Waals surface area contributed by atoms with Gasteiger partial charge in [0.15, 0.2) is 11.5 Å². The van der Waals surface area contributed by atoms with Crippen molar-refractivity contribution in [2.24, 2.45) is 0 Å². The zero-order valence-corrected chi connectivity index (χ0v) is 19.2. The first-order valence-electron chi connectivity index (χ1n) is 12.2. The number of nitrogens with one attached hydrogen (secondary N) is 1. The van der Waals surface area contributed by atoms with E-state index >= 15 is 0 Å². The van der Waals surface area contributed by atoms with Crippen LogP contribution in [0.5, 0.6) is 11.5 Å². The molecule has 31 heavy (non-hydrogen) atoms. The van der Waals surface area contributed by atoms with Crippen LogP contribution < -0.4 is 14.8 Å². The van der Waals surface area contributed by atoms with Crippen LogP contribution in [-0.4, -0.2) is 44.3 Å². The maximum Gasteiger partial charge on any atom is 0.161 e. The van der Waals surface area contributed by atoms with Crippen molar-refractivity contribution >= 4 is 5.70 Å². The van der Waals surface area contributed by atoms with Crippen LogP contribution in [0.2, 0.25) is 0 Å². The summed E-state index contributed by atoms with van der Waals surface area (Å²) in [7, 11) is 1.69. The van der Waals surface area contributed by atoms with Crippen LogP contribution in [0.1, 0.15) is 81.8 Å². The quantitative estimate of drug-likeness (QED) is 0.609. The number of nitrogens with zero attached hydrogens (tertiary/aromatic N) is 2. The third-order valence-electron chi connectivity index (χ3n) is 7.19. The van der Waals surface area contributed by atoms with E-state index in [0.717, 1.165) is 54.1 Å². The Balaban J connectivity index is 1.65. The van der Waals surface area contributed by atoms with E-state index in [-0.39, 0.29) is 0 Å². The Morgan fingerprint density at radius 1 is 1.13 bits per heavy atom. The number of benzene rings is 1. The minimum Gasteiger partial charge on any atom is -0.493 e. The van der Waals surface area contributed by atoms with Crippen LogP contribution in [0.3, 0.4) is 0 Å². The summed E-state index contributed by atoms with van der Waals surface area (Å²) >= 11 is 0. The van der Waals surface area contributed by atoms with Gasteiger partial charge in [0.1, 0.15) is 0 Å². The lowest BCUT2D eigenvalue weighted by Crippen LogP contribution is -2.41.